The van der Waals surface area contributed by atoms with E-state index in [9.17, 15) is 4.79 Å². The fourth-order valence-electron chi connectivity index (χ4n) is 2.65. The van der Waals surface area contributed by atoms with E-state index in [4.69, 9.17) is 27.9 Å². The molecule has 1 aromatic rings. The van der Waals surface area contributed by atoms with Crippen molar-refractivity contribution in [1.82, 2.24) is 0 Å². The molecule has 0 radical (unpaired) electrons. The molecule has 0 heterocycles. The zero-order valence-corrected chi connectivity index (χ0v) is 16.6. The summed E-state index contributed by atoms with van der Waals surface area (Å²) in [6, 6.07) is 3.17. The Morgan fingerprint density at radius 1 is 1.04 bits per heavy atom. The fourth-order valence-corrected chi connectivity index (χ4v) is 3.21. The number of benzene rings is 1. The first-order chi connectivity index (χ1) is 11.4. The number of carbonyl (C=O) groups is 1. The van der Waals surface area contributed by atoms with Crippen LogP contribution in [0.25, 0.3) is 0 Å². The number of ether oxygens (including phenoxy) is 1. The summed E-state index contributed by atoms with van der Waals surface area (Å²) in [5.74, 6) is 0.427. The largest absolute Gasteiger partial charge is 0.485 e. The number of unbranched alkanes of at least 4 members (excludes halogenated alkanes) is 5. The van der Waals surface area contributed by atoms with E-state index < -0.39 is 0 Å². The van der Waals surface area contributed by atoms with Crippen molar-refractivity contribution in [3.05, 3.63) is 27.7 Å². The summed E-state index contributed by atoms with van der Waals surface area (Å²) in [5.41, 5.74) is 0.397. The van der Waals surface area contributed by atoms with Crippen LogP contribution in [0.15, 0.2) is 12.1 Å². The first kappa shape index (κ1) is 21.3. The van der Waals surface area contributed by atoms with Gasteiger partial charge in [-0.25, -0.2) is 0 Å². The monoisotopic (exact) mass is 374 g/mol. The van der Waals surface area contributed by atoms with E-state index in [-0.39, 0.29) is 0 Å². The molecule has 0 saturated carbocycles. The zero-order valence-electron chi connectivity index (χ0n) is 15.1. The van der Waals surface area contributed by atoms with Crippen LogP contribution in [-0.2, 0) is 0 Å². The first-order valence-corrected chi connectivity index (χ1v) is 9.54. The van der Waals surface area contributed by atoms with Crippen molar-refractivity contribution >= 4 is 29.5 Å². The molecule has 0 aliphatic heterocycles. The van der Waals surface area contributed by atoms with Gasteiger partial charge in [-0.05, 0) is 25.0 Å². The molecule has 0 fully saturated rings. The highest BCUT2D eigenvalue weighted by Gasteiger charge is 2.16. The predicted octanol–water partition coefficient (Wildman–Crippen LogP) is 5.62. The predicted molar refractivity (Wildman–Crippen MR) is 103 cm³/mol. The van der Waals surface area contributed by atoms with Crippen LogP contribution in [-0.4, -0.2) is 44.6 Å². The smallest absolute Gasteiger partial charge is 0.153 e. The summed E-state index contributed by atoms with van der Waals surface area (Å²) in [6.45, 7) is 4.75. The number of quaternary nitrogens is 1. The normalized spacial score (nSPS) is 11.5. The Morgan fingerprint density at radius 3 is 2.38 bits per heavy atom. The minimum atomic E-state index is 0.380. The highest BCUT2D eigenvalue weighted by atomic mass is 35.5. The van der Waals surface area contributed by atoms with Crippen LogP contribution in [0.2, 0.25) is 10.0 Å². The van der Waals surface area contributed by atoms with E-state index in [0.29, 0.717) is 28.0 Å². The van der Waals surface area contributed by atoms with Gasteiger partial charge in [-0.3, -0.25) is 4.79 Å². The summed E-state index contributed by atoms with van der Waals surface area (Å²) >= 11 is 12.0. The average molecular weight is 375 g/mol. The molecule has 0 aliphatic carbocycles. The summed E-state index contributed by atoms with van der Waals surface area (Å²) in [7, 11) is 4.42. The molecule has 0 atom stereocenters. The summed E-state index contributed by atoms with van der Waals surface area (Å²) in [4.78, 5) is 11.1. The maximum atomic E-state index is 11.1. The zero-order chi connectivity index (χ0) is 18.0. The molecular weight excluding hydrogens is 345 g/mol. The van der Waals surface area contributed by atoms with Gasteiger partial charge < -0.3 is 9.22 Å². The van der Waals surface area contributed by atoms with Crippen LogP contribution in [0.5, 0.6) is 5.75 Å². The van der Waals surface area contributed by atoms with Gasteiger partial charge in [0, 0.05) is 5.02 Å². The Balaban J connectivity index is 2.39. The quantitative estimate of drug-likeness (QED) is 0.269. The highest BCUT2D eigenvalue weighted by molar-refractivity contribution is 6.36. The van der Waals surface area contributed by atoms with Gasteiger partial charge in [-0.1, -0.05) is 55.8 Å². The van der Waals surface area contributed by atoms with Crippen LogP contribution in [0.1, 0.15) is 55.8 Å². The van der Waals surface area contributed by atoms with Crippen LogP contribution < -0.4 is 4.74 Å². The Morgan fingerprint density at radius 2 is 1.71 bits per heavy atom. The van der Waals surface area contributed by atoms with Gasteiger partial charge >= 0.3 is 0 Å². The van der Waals surface area contributed by atoms with Gasteiger partial charge in [0.15, 0.2) is 6.29 Å². The molecule has 1 rings (SSSR count). The Labute approximate surface area is 156 Å². The maximum absolute atomic E-state index is 11.1. The van der Waals surface area contributed by atoms with Crippen molar-refractivity contribution in [1.29, 1.82) is 0 Å². The van der Waals surface area contributed by atoms with Crippen molar-refractivity contribution in [2.75, 3.05) is 33.8 Å². The second-order valence-electron chi connectivity index (χ2n) is 6.92. The number of halogens is 2. The van der Waals surface area contributed by atoms with Gasteiger partial charge in [-0.15, -0.1) is 0 Å². The number of carbonyl (C=O) groups excluding carboxylic acids is 1. The lowest BCUT2D eigenvalue weighted by Gasteiger charge is -2.30. The molecule has 0 amide bonds. The lowest BCUT2D eigenvalue weighted by molar-refractivity contribution is -0.890. The highest BCUT2D eigenvalue weighted by Crippen LogP contribution is 2.31. The van der Waals surface area contributed by atoms with Crippen molar-refractivity contribution in [3.63, 3.8) is 0 Å². The minimum absolute atomic E-state index is 0.380. The molecule has 5 heteroatoms. The van der Waals surface area contributed by atoms with Gasteiger partial charge in [-0.2, -0.15) is 0 Å². The van der Waals surface area contributed by atoms with Crippen molar-refractivity contribution in [2.24, 2.45) is 0 Å². The second-order valence-corrected chi connectivity index (χ2v) is 7.77. The molecule has 0 unspecified atom stereocenters. The van der Waals surface area contributed by atoms with Crippen molar-refractivity contribution in [2.45, 2.75) is 45.4 Å². The van der Waals surface area contributed by atoms with Crippen LogP contribution in [0.4, 0.5) is 0 Å². The molecule has 1 aromatic carbocycles. The summed E-state index contributed by atoms with van der Waals surface area (Å²) in [5, 5.41) is 0.819. The third kappa shape index (κ3) is 7.87. The lowest BCUT2D eigenvalue weighted by Crippen LogP contribution is -2.43. The molecule has 0 aliphatic rings. The SMILES string of the molecule is CCCCCCCC[N+](C)(C)CCOc1c(Cl)cc(Cl)cc1C=O. The van der Waals surface area contributed by atoms with Gasteiger partial charge in [0.25, 0.3) is 0 Å². The number of rotatable bonds is 12. The van der Waals surface area contributed by atoms with E-state index >= 15 is 0 Å². The fraction of sp³-hybridized carbons (Fsp3) is 0.632. The minimum Gasteiger partial charge on any atom is -0.485 e. The standard InChI is InChI=1S/C19H30Cl2NO2/c1-4-5-6-7-8-9-10-22(2,3)11-12-24-19-16(15-23)13-17(20)14-18(19)21/h13-15H,4-12H2,1-3H3/q+1. The van der Waals surface area contributed by atoms with Gasteiger partial charge in [0.05, 0.1) is 31.2 Å². The first-order valence-electron chi connectivity index (χ1n) is 8.78. The second kappa shape index (κ2) is 11.0. The lowest BCUT2D eigenvalue weighted by atomic mass is 10.1. The molecule has 24 heavy (non-hydrogen) atoms. The topological polar surface area (TPSA) is 26.3 Å². The van der Waals surface area contributed by atoms with Gasteiger partial charge in [0.1, 0.15) is 18.9 Å². The number of aldehydes is 1. The van der Waals surface area contributed by atoms with Crippen LogP contribution in [0.3, 0.4) is 0 Å². The molecule has 0 saturated heterocycles. The summed E-state index contributed by atoms with van der Waals surface area (Å²) in [6.07, 6.45) is 8.55. The van der Waals surface area contributed by atoms with Crippen molar-refractivity contribution < 1.29 is 14.0 Å². The molecule has 3 nitrogen and oxygen atoms in total. The Kier molecular flexibility index (Phi) is 9.72. The number of likely N-dealkylation sites (N-methyl/N-ethyl adjacent to an activating group) is 1. The van der Waals surface area contributed by atoms with Crippen LogP contribution in [0, 0.1) is 0 Å². The van der Waals surface area contributed by atoms with E-state index in [1.165, 1.54) is 38.5 Å². The third-order valence-corrected chi connectivity index (χ3v) is 4.72. The number of hydrogen-bond donors (Lipinski definition) is 0. The maximum Gasteiger partial charge on any atom is 0.153 e. The van der Waals surface area contributed by atoms with E-state index in [1.807, 2.05) is 0 Å². The molecule has 0 bridgehead atoms. The molecular formula is C19H30Cl2NO2+. The van der Waals surface area contributed by atoms with E-state index in [2.05, 4.69) is 21.0 Å². The molecule has 0 aromatic heterocycles. The average Bonchev–Trinajstić information content (AvgIpc) is 2.52. The van der Waals surface area contributed by atoms with Crippen LogP contribution >= 0.6 is 23.2 Å². The molecule has 0 spiro atoms. The Hall–Kier alpha value is -0.770. The number of nitrogens with zero attached hydrogens (tertiary/aromatic N) is 1. The Bertz CT molecular complexity index is 518. The van der Waals surface area contributed by atoms with Gasteiger partial charge in [0.2, 0.25) is 0 Å². The molecule has 0 N–H and O–H groups in total. The third-order valence-electron chi connectivity index (χ3n) is 4.22. The van der Waals surface area contributed by atoms with E-state index in [0.717, 1.165) is 23.9 Å². The number of hydrogen-bond acceptors (Lipinski definition) is 2. The van der Waals surface area contributed by atoms with E-state index in [1.54, 1.807) is 12.1 Å². The molecule has 136 valence electrons. The summed E-state index contributed by atoms with van der Waals surface area (Å²) < 4.78 is 6.67. The van der Waals surface area contributed by atoms with Crippen molar-refractivity contribution in [3.8, 4) is 5.75 Å².